The Bertz CT molecular complexity index is 1280. The molecule has 3 aromatic rings. The summed E-state index contributed by atoms with van der Waals surface area (Å²) < 4.78 is 10.8. The molecule has 1 fully saturated rings. The maximum atomic E-state index is 13.1. The summed E-state index contributed by atoms with van der Waals surface area (Å²) in [6.07, 6.45) is 1.74. The number of carbonyl (C=O) groups is 3. The van der Waals surface area contributed by atoms with Crippen molar-refractivity contribution < 1.29 is 23.9 Å². The summed E-state index contributed by atoms with van der Waals surface area (Å²) >= 11 is 0. The fraction of sp³-hybridized carbons (Fsp3) is 0.259. The van der Waals surface area contributed by atoms with Gasteiger partial charge in [-0.1, -0.05) is 6.07 Å². The minimum absolute atomic E-state index is 0.207. The number of aromatic nitrogens is 1. The van der Waals surface area contributed by atoms with Crippen molar-refractivity contribution in [2.24, 2.45) is 0 Å². The van der Waals surface area contributed by atoms with Crippen LogP contribution in [0.4, 0.5) is 11.5 Å². The van der Waals surface area contributed by atoms with E-state index in [1.807, 2.05) is 19.1 Å². The van der Waals surface area contributed by atoms with Gasteiger partial charge in [-0.3, -0.25) is 14.4 Å². The zero-order valence-corrected chi connectivity index (χ0v) is 19.9. The lowest BCUT2D eigenvalue weighted by molar-refractivity contribution is 0.0923. The third kappa shape index (κ3) is 4.65. The van der Waals surface area contributed by atoms with Crippen LogP contribution in [0.3, 0.4) is 0 Å². The van der Waals surface area contributed by atoms with Gasteiger partial charge in [-0.25, -0.2) is 9.88 Å². The Balaban J connectivity index is 1.25. The second kappa shape index (κ2) is 10.2. The first kappa shape index (κ1) is 23.5. The first-order valence-electron chi connectivity index (χ1n) is 11.9. The molecule has 36 heavy (non-hydrogen) atoms. The average molecular weight is 487 g/mol. The molecular weight excluding hydrogens is 460 g/mol. The molecule has 184 valence electrons. The topological polar surface area (TPSA) is 101 Å². The van der Waals surface area contributed by atoms with Gasteiger partial charge in [0.2, 0.25) is 0 Å². The fourth-order valence-corrected chi connectivity index (χ4v) is 4.26. The SMILES string of the molecule is CCOc1ccc(N2C(=O)c3ccc(C(=O)NCc4ccc(N5CCOCC5)nc4)cc3C2=O)cc1. The molecule has 1 N–H and O–H groups in total. The summed E-state index contributed by atoms with van der Waals surface area (Å²) in [6, 6.07) is 15.2. The molecule has 0 saturated carbocycles. The van der Waals surface area contributed by atoms with Crippen molar-refractivity contribution in [2.75, 3.05) is 42.7 Å². The number of anilines is 2. The lowest BCUT2D eigenvalue weighted by Crippen LogP contribution is -2.36. The number of amides is 3. The highest BCUT2D eigenvalue weighted by Crippen LogP contribution is 2.30. The monoisotopic (exact) mass is 486 g/mol. The van der Waals surface area contributed by atoms with E-state index in [4.69, 9.17) is 9.47 Å². The number of pyridine rings is 1. The van der Waals surface area contributed by atoms with Gasteiger partial charge < -0.3 is 19.7 Å². The number of nitrogens with one attached hydrogen (secondary N) is 1. The third-order valence-corrected chi connectivity index (χ3v) is 6.15. The summed E-state index contributed by atoms with van der Waals surface area (Å²) in [5.41, 5.74) is 2.09. The Labute approximate surface area is 208 Å². The van der Waals surface area contributed by atoms with E-state index in [1.165, 1.54) is 12.1 Å². The van der Waals surface area contributed by atoms with Crippen LogP contribution in [0.25, 0.3) is 0 Å². The number of fused-ring (bicyclic) bond motifs is 1. The van der Waals surface area contributed by atoms with Gasteiger partial charge in [0.05, 0.1) is 36.6 Å². The number of imide groups is 1. The van der Waals surface area contributed by atoms with Crippen LogP contribution in [0.1, 0.15) is 43.6 Å². The van der Waals surface area contributed by atoms with E-state index in [0.717, 1.165) is 29.4 Å². The molecule has 1 saturated heterocycles. The van der Waals surface area contributed by atoms with E-state index >= 15 is 0 Å². The molecule has 2 aliphatic heterocycles. The number of ether oxygens (including phenoxy) is 2. The first-order chi connectivity index (χ1) is 17.5. The molecule has 0 radical (unpaired) electrons. The quantitative estimate of drug-likeness (QED) is 0.512. The molecule has 0 unspecified atom stereocenters. The Morgan fingerprint density at radius 3 is 2.44 bits per heavy atom. The molecule has 9 heteroatoms. The zero-order chi connectivity index (χ0) is 25.1. The smallest absolute Gasteiger partial charge is 0.266 e. The Kier molecular flexibility index (Phi) is 6.64. The predicted octanol–water partition coefficient (Wildman–Crippen LogP) is 3.05. The molecule has 2 aromatic carbocycles. The zero-order valence-electron chi connectivity index (χ0n) is 19.9. The van der Waals surface area contributed by atoms with Crippen LogP contribution < -0.4 is 19.9 Å². The average Bonchev–Trinajstić information content (AvgIpc) is 3.17. The molecule has 0 aliphatic carbocycles. The maximum absolute atomic E-state index is 13.1. The van der Waals surface area contributed by atoms with Gasteiger partial charge in [0.25, 0.3) is 17.7 Å². The standard InChI is InChI=1S/C27H26N4O5/c1-2-36-21-7-5-20(6-8-21)31-26(33)22-9-4-19(15-23(22)27(31)34)25(32)29-17-18-3-10-24(28-16-18)30-11-13-35-14-12-30/h3-10,15-16H,2,11-14,17H2,1H3,(H,29,32). The predicted molar refractivity (Wildman–Crippen MR) is 134 cm³/mol. The van der Waals surface area contributed by atoms with Gasteiger partial charge in [-0.05, 0) is 61.0 Å². The minimum atomic E-state index is -0.461. The lowest BCUT2D eigenvalue weighted by Gasteiger charge is -2.27. The highest BCUT2D eigenvalue weighted by molar-refractivity contribution is 6.34. The molecule has 1 aromatic heterocycles. The molecule has 0 spiro atoms. The van der Waals surface area contributed by atoms with Gasteiger partial charge in [0.15, 0.2) is 0 Å². The Morgan fingerprint density at radius 2 is 1.75 bits per heavy atom. The lowest BCUT2D eigenvalue weighted by atomic mass is 10.1. The Morgan fingerprint density at radius 1 is 1.00 bits per heavy atom. The molecule has 0 bridgehead atoms. The van der Waals surface area contributed by atoms with Crippen LogP contribution in [0.2, 0.25) is 0 Å². The number of benzene rings is 2. The van der Waals surface area contributed by atoms with E-state index in [1.54, 1.807) is 36.5 Å². The number of hydrogen-bond donors (Lipinski definition) is 1. The van der Waals surface area contributed by atoms with Crippen molar-refractivity contribution in [3.05, 3.63) is 83.0 Å². The van der Waals surface area contributed by atoms with Gasteiger partial charge >= 0.3 is 0 Å². The van der Waals surface area contributed by atoms with Crippen LogP contribution in [0, 0.1) is 0 Å². The molecule has 0 atom stereocenters. The van der Waals surface area contributed by atoms with Crippen molar-refractivity contribution in [1.82, 2.24) is 10.3 Å². The van der Waals surface area contributed by atoms with Gasteiger partial charge in [0.1, 0.15) is 11.6 Å². The maximum Gasteiger partial charge on any atom is 0.266 e. The van der Waals surface area contributed by atoms with Crippen molar-refractivity contribution in [3.8, 4) is 5.75 Å². The van der Waals surface area contributed by atoms with E-state index < -0.39 is 11.8 Å². The fourth-order valence-electron chi connectivity index (χ4n) is 4.26. The van der Waals surface area contributed by atoms with Crippen LogP contribution in [-0.4, -0.2) is 55.6 Å². The molecule has 5 rings (SSSR count). The number of carbonyl (C=O) groups excluding carboxylic acids is 3. The van der Waals surface area contributed by atoms with Crippen molar-refractivity contribution in [3.63, 3.8) is 0 Å². The number of nitrogens with zero attached hydrogens (tertiary/aromatic N) is 3. The Hall–Kier alpha value is -4.24. The number of hydrogen-bond acceptors (Lipinski definition) is 7. The number of rotatable bonds is 7. The minimum Gasteiger partial charge on any atom is -0.494 e. The second-order valence-electron chi connectivity index (χ2n) is 8.44. The highest BCUT2D eigenvalue weighted by Gasteiger charge is 2.37. The van der Waals surface area contributed by atoms with Crippen LogP contribution in [-0.2, 0) is 11.3 Å². The summed E-state index contributed by atoms with van der Waals surface area (Å²) in [6.45, 7) is 5.67. The summed E-state index contributed by atoms with van der Waals surface area (Å²) in [5, 5.41) is 2.86. The van der Waals surface area contributed by atoms with E-state index in [2.05, 4.69) is 15.2 Å². The molecule has 3 heterocycles. The van der Waals surface area contributed by atoms with Crippen LogP contribution in [0.5, 0.6) is 5.75 Å². The van der Waals surface area contributed by atoms with Crippen molar-refractivity contribution in [2.45, 2.75) is 13.5 Å². The van der Waals surface area contributed by atoms with E-state index in [-0.39, 0.29) is 23.6 Å². The molecule has 9 nitrogen and oxygen atoms in total. The van der Waals surface area contributed by atoms with Crippen molar-refractivity contribution in [1.29, 1.82) is 0 Å². The van der Waals surface area contributed by atoms with E-state index in [0.29, 0.717) is 36.8 Å². The first-order valence-corrected chi connectivity index (χ1v) is 11.9. The summed E-state index contributed by atoms with van der Waals surface area (Å²) in [7, 11) is 0. The van der Waals surface area contributed by atoms with Crippen molar-refractivity contribution >= 4 is 29.2 Å². The largest absolute Gasteiger partial charge is 0.494 e. The second-order valence-corrected chi connectivity index (χ2v) is 8.44. The molecule has 2 aliphatic rings. The summed E-state index contributed by atoms with van der Waals surface area (Å²) in [5.74, 6) is 0.319. The van der Waals surface area contributed by atoms with Gasteiger partial charge in [-0.2, -0.15) is 0 Å². The van der Waals surface area contributed by atoms with Crippen LogP contribution >= 0.6 is 0 Å². The normalized spacial score (nSPS) is 15.1. The van der Waals surface area contributed by atoms with Gasteiger partial charge in [0, 0.05) is 31.4 Å². The van der Waals surface area contributed by atoms with Gasteiger partial charge in [-0.15, -0.1) is 0 Å². The molecule has 3 amide bonds. The molecular formula is C27H26N4O5. The number of morpholine rings is 1. The third-order valence-electron chi connectivity index (χ3n) is 6.15. The summed E-state index contributed by atoms with van der Waals surface area (Å²) in [4.78, 5) is 46.5. The van der Waals surface area contributed by atoms with E-state index in [9.17, 15) is 14.4 Å². The highest BCUT2D eigenvalue weighted by atomic mass is 16.5. The van der Waals surface area contributed by atoms with Crippen LogP contribution in [0.15, 0.2) is 60.8 Å².